The lowest BCUT2D eigenvalue weighted by molar-refractivity contribution is 0.187. The lowest BCUT2D eigenvalue weighted by Crippen LogP contribution is -2.26. The van der Waals surface area contributed by atoms with E-state index in [1.54, 1.807) is 29.6 Å². The minimum absolute atomic E-state index is 0.0982. The molecule has 0 saturated heterocycles. The van der Waals surface area contributed by atoms with Crippen molar-refractivity contribution < 1.29 is 14.0 Å². The van der Waals surface area contributed by atoms with E-state index in [0.29, 0.717) is 31.2 Å². The van der Waals surface area contributed by atoms with Crippen LogP contribution in [-0.2, 0) is 17.8 Å². The molecule has 2 aromatic carbocycles. The number of aryl methyl sites for hydroxylation is 2. The molecule has 0 bridgehead atoms. The van der Waals surface area contributed by atoms with Crippen LogP contribution in [0.5, 0.6) is 5.75 Å². The molecule has 5 aromatic rings. The van der Waals surface area contributed by atoms with Gasteiger partial charge in [0.25, 0.3) is 0 Å². The lowest BCUT2D eigenvalue weighted by Gasteiger charge is -2.12. The summed E-state index contributed by atoms with van der Waals surface area (Å²) in [5.74, 6) is 1.38. The third-order valence-corrected chi connectivity index (χ3v) is 6.17. The first-order valence-corrected chi connectivity index (χ1v) is 11.1. The van der Waals surface area contributed by atoms with Gasteiger partial charge in [-0.3, -0.25) is 14.1 Å². The third-order valence-electron chi connectivity index (χ3n) is 6.17. The molecule has 3 heterocycles. The van der Waals surface area contributed by atoms with E-state index in [4.69, 9.17) is 19.0 Å². The van der Waals surface area contributed by atoms with Gasteiger partial charge >= 0.3 is 5.69 Å². The van der Waals surface area contributed by atoms with Crippen LogP contribution in [0.3, 0.4) is 0 Å². The van der Waals surface area contributed by atoms with E-state index >= 15 is 0 Å². The number of fused-ring (bicyclic) bond motifs is 3. The number of aromatic nitrogens is 4. The fourth-order valence-corrected chi connectivity index (χ4v) is 4.56. The molecule has 8 nitrogen and oxygen atoms in total. The Morgan fingerprint density at radius 2 is 1.85 bits per heavy atom. The summed E-state index contributed by atoms with van der Waals surface area (Å²) in [7, 11) is 3.26. The van der Waals surface area contributed by atoms with E-state index in [9.17, 15) is 4.79 Å². The molecule has 0 fully saturated rings. The molecule has 0 saturated carbocycles. The van der Waals surface area contributed by atoms with Gasteiger partial charge in [-0.2, -0.15) is 0 Å². The molecular weight excluding hydrogens is 432 g/mol. The summed E-state index contributed by atoms with van der Waals surface area (Å²) in [6.07, 6.45) is 1.76. The Kier molecular flexibility index (Phi) is 5.67. The van der Waals surface area contributed by atoms with Crippen LogP contribution in [0.2, 0.25) is 0 Å². The molecule has 0 spiro atoms. The first-order valence-electron chi connectivity index (χ1n) is 11.1. The van der Waals surface area contributed by atoms with Gasteiger partial charge in [0.15, 0.2) is 0 Å². The van der Waals surface area contributed by atoms with E-state index in [2.05, 4.69) is 5.16 Å². The van der Waals surface area contributed by atoms with Gasteiger partial charge in [-0.15, -0.1) is 0 Å². The van der Waals surface area contributed by atoms with Gasteiger partial charge in [0.05, 0.1) is 60.8 Å². The minimum Gasteiger partial charge on any atom is -0.496 e. The predicted octanol–water partition coefficient (Wildman–Crippen LogP) is 4.33. The maximum absolute atomic E-state index is 13.5. The Morgan fingerprint density at radius 3 is 2.53 bits per heavy atom. The van der Waals surface area contributed by atoms with Crippen LogP contribution >= 0.6 is 0 Å². The molecule has 174 valence electrons. The van der Waals surface area contributed by atoms with Crippen LogP contribution in [0.25, 0.3) is 33.1 Å². The first kappa shape index (κ1) is 21.9. The average Bonchev–Trinajstić information content (AvgIpc) is 3.32. The molecule has 0 amide bonds. The predicted molar refractivity (Wildman–Crippen MR) is 130 cm³/mol. The molecule has 3 aromatic heterocycles. The van der Waals surface area contributed by atoms with Crippen molar-refractivity contribution in [2.45, 2.75) is 26.9 Å². The fraction of sp³-hybridized carbons (Fsp3) is 0.269. The van der Waals surface area contributed by atoms with Gasteiger partial charge in [0, 0.05) is 18.1 Å². The Hall–Kier alpha value is -3.91. The van der Waals surface area contributed by atoms with Crippen molar-refractivity contribution in [1.29, 1.82) is 0 Å². The summed E-state index contributed by atoms with van der Waals surface area (Å²) in [5, 5.41) is 4.93. The van der Waals surface area contributed by atoms with Crippen LogP contribution in [0.15, 0.2) is 58.0 Å². The van der Waals surface area contributed by atoms with Crippen molar-refractivity contribution in [3.63, 3.8) is 0 Å². The van der Waals surface area contributed by atoms with Crippen LogP contribution in [0, 0.1) is 13.8 Å². The zero-order chi connectivity index (χ0) is 23.8. The van der Waals surface area contributed by atoms with Crippen LogP contribution in [0.1, 0.15) is 17.0 Å². The molecule has 0 radical (unpaired) electrons. The highest BCUT2D eigenvalue weighted by Crippen LogP contribution is 2.38. The Labute approximate surface area is 196 Å². The zero-order valence-corrected chi connectivity index (χ0v) is 19.7. The highest BCUT2D eigenvalue weighted by Gasteiger charge is 2.21. The van der Waals surface area contributed by atoms with Gasteiger partial charge < -0.3 is 14.0 Å². The SMILES string of the molecule is COCCn1c(=O)n(Cc2ccccc2)c2c3cc(OC)c(-c4c(C)noc4C)cc3ncc21. The van der Waals surface area contributed by atoms with E-state index in [-0.39, 0.29) is 5.69 Å². The highest BCUT2D eigenvalue weighted by atomic mass is 16.5. The first-order chi connectivity index (χ1) is 16.5. The zero-order valence-electron chi connectivity index (χ0n) is 19.7. The van der Waals surface area contributed by atoms with Crippen LogP contribution in [0.4, 0.5) is 0 Å². The van der Waals surface area contributed by atoms with Gasteiger partial charge in [-0.25, -0.2) is 4.79 Å². The number of rotatable bonds is 7. The van der Waals surface area contributed by atoms with E-state index in [1.165, 1.54) is 0 Å². The van der Waals surface area contributed by atoms with Gasteiger partial charge in [0.2, 0.25) is 0 Å². The maximum Gasteiger partial charge on any atom is 0.329 e. The Balaban J connectivity index is 1.81. The lowest BCUT2D eigenvalue weighted by atomic mass is 10.0. The summed E-state index contributed by atoms with van der Waals surface area (Å²) in [6.45, 7) is 5.09. The van der Waals surface area contributed by atoms with Crippen molar-refractivity contribution in [3.8, 4) is 16.9 Å². The van der Waals surface area contributed by atoms with Gasteiger partial charge in [0.1, 0.15) is 11.5 Å². The van der Waals surface area contributed by atoms with Crippen LogP contribution in [-0.4, -0.2) is 40.1 Å². The normalized spacial score (nSPS) is 11.5. The molecule has 0 N–H and O–H groups in total. The molecule has 8 heteroatoms. The second kappa shape index (κ2) is 8.79. The van der Waals surface area contributed by atoms with Crippen molar-refractivity contribution >= 4 is 21.9 Å². The average molecular weight is 459 g/mol. The minimum atomic E-state index is -0.0982. The third kappa shape index (κ3) is 3.56. The quantitative estimate of drug-likeness (QED) is 0.361. The maximum atomic E-state index is 13.5. The molecule has 5 rings (SSSR count). The monoisotopic (exact) mass is 458 g/mol. The number of nitrogens with zero attached hydrogens (tertiary/aromatic N) is 4. The number of imidazole rings is 1. The number of methoxy groups -OCH3 is 2. The summed E-state index contributed by atoms with van der Waals surface area (Å²) >= 11 is 0. The molecule has 0 aliphatic carbocycles. The molecule has 0 unspecified atom stereocenters. The molecule has 0 atom stereocenters. The number of benzene rings is 2. The summed E-state index contributed by atoms with van der Waals surface area (Å²) < 4.78 is 20.0. The molecule has 34 heavy (non-hydrogen) atoms. The van der Waals surface area contributed by atoms with Crippen LogP contribution < -0.4 is 10.4 Å². The van der Waals surface area contributed by atoms with E-state index in [0.717, 1.165) is 44.3 Å². The Bertz CT molecular complexity index is 1530. The highest BCUT2D eigenvalue weighted by molar-refractivity contribution is 6.05. The van der Waals surface area contributed by atoms with Crippen molar-refractivity contribution in [2.75, 3.05) is 20.8 Å². The summed E-state index contributed by atoms with van der Waals surface area (Å²) in [6, 6.07) is 13.9. The number of pyridine rings is 1. The van der Waals surface area contributed by atoms with E-state index in [1.807, 2.05) is 56.3 Å². The van der Waals surface area contributed by atoms with Crippen molar-refractivity contribution in [1.82, 2.24) is 19.3 Å². The smallest absolute Gasteiger partial charge is 0.329 e. The van der Waals surface area contributed by atoms with Gasteiger partial charge in [-0.05, 0) is 31.5 Å². The fourth-order valence-electron chi connectivity index (χ4n) is 4.56. The molecule has 0 aliphatic heterocycles. The van der Waals surface area contributed by atoms with E-state index < -0.39 is 0 Å². The number of ether oxygens (including phenoxy) is 2. The molecule has 0 aliphatic rings. The topological polar surface area (TPSA) is 84.3 Å². The number of hydrogen-bond acceptors (Lipinski definition) is 6. The van der Waals surface area contributed by atoms with Crippen molar-refractivity contribution in [2.24, 2.45) is 0 Å². The van der Waals surface area contributed by atoms with Gasteiger partial charge in [-0.1, -0.05) is 35.5 Å². The molecular formula is C26H26N4O4. The largest absolute Gasteiger partial charge is 0.496 e. The summed E-state index contributed by atoms with van der Waals surface area (Å²) in [4.78, 5) is 18.3. The Morgan fingerprint density at radius 1 is 1.06 bits per heavy atom. The number of hydrogen-bond donors (Lipinski definition) is 0. The second-order valence-corrected chi connectivity index (χ2v) is 8.26. The van der Waals surface area contributed by atoms with Crippen molar-refractivity contribution in [3.05, 3.63) is 76.2 Å². The standard InChI is InChI=1S/C26H26N4O4/c1-16-24(17(2)34-28-16)20-12-21-19(13-23(20)33-4)25-22(14-27-21)29(10-11-32-3)26(31)30(25)15-18-8-6-5-7-9-18/h5-9,12-14H,10-11,15H2,1-4H3. The summed E-state index contributed by atoms with van der Waals surface area (Å²) in [5.41, 5.74) is 5.81. The second-order valence-electron chi connectivity index (χ2n) is 8.26.